The lowest BCUT2D eigenvalue weighted by molar-refractivity contribution is 0.160. The number of aryl methyl sites for hydroxylation is 1. The Morgan fingerprint density at radius 2 is 2.26 bits per heavy atom. The van der Waals surface area contributed by atoms with Gasteiger partial charge in [-0.1, -0.05) is 29.4 Å². The van der Waals surface area contributed by atoms with Crippen molar-refractivity contribution in [3.05, 3.63) is 41.3 Å². The molecular weight excluding hydrogens is 242 g/mol. The molecule has 1 atom stereocenters. The van der Waals surface area contributed by atoms with Gasteiger partial charge in [0.2, 0.25) is 5.89 Å². The molecule has 1 aliphatic rings. The lowest BCUT2D eigenvalue weighted by Crippen LogP contribution is -2.17. The molecule has 1 aromatic carbocycles. The summed E-state index contributed by atoms with van der Waals surface area (Å²) in [6.07, 6.45) is 3.40. The van der Waals surface area contributed by atoms with Crippen LogP contribution in [0.2, 0.25) is 0 Å². The van der Waals surface area contributed by atoms with Gasteiger partial charge in [0.15, 0.2) is 0 Å². The first kappa shape index (κ1) is 12.2. The second-order valence-electron chi connectivity index (χ2n) is 4.72. The van der Waals surface area contributed by atoms with Crippen molar-refractivity contribution in [3.63, 3.8) is 0 Å². The summed E-state index contributed by atoms with van der Waals surface area (Å²) < 4.78 is 10.4. The molecule has 1 heterocycles. The summed E-state index contributed by atoms with van der Waals surface area (Å²) >= 11 is 0. The first-order valence-corrected chi connectivity index (χ1v) is 6.52. The van der Waals surface area contributed by atoms with Gasteiger partial charge in [-0.05, 0) is 30.4 Å². The van der Waals surface area contributed by atoms with Crippen LogP contribution in [-0.2, 0) is 17.8 Å². The van der Waals surface area contributed by atoms with E-state index in [4.69, 9.17) is 9.15 Å². The van der Waals surface area contributed by atoms with Crippen LogP contribution in [0.5, 0.6) is 0 Å². The molecule has 1 aromatic heterocycles. The molecule has 5 heteroatoms. The van der Waals surface area contributed by atoms with Crippen LogP contribution in [0.15, 0.2) is 28.7 Å². The Labute approximate surface area is 112 Å². The maximum atomic E-state index is 5.48. The Kier molecular flexibility index (Phi) is 3.46. The van der Waals surface area contributed by atoms with Crippen LogP contribution in [0.1, 0.15) is 35.9 Å². The number of nitrogens with one attached hydrogen (secondary N) is 1. The SMILES string of the molecule is COCc1nnc(NC2CCCc3ccccc32)o1. The van der Waals surface area contributed by atoms with Gasteiger partial charge in [-0.3, -0.25) is 0 Å². The van der Waals surface area contributed by atoms with Gasteiger partial charge in [-0.15, -0.1) is 5.10 Å². The molecule has 5 nitrogen and oxygen atoms in total. The average molecular weight is 259 g/mol. The minimum Gasteiger partial charge on any atom is -0.406 e. The molecule has 0 amide bonds. The Hall–Kier alpha value is -1.88. The topological polar surface area (TPSA) is 60.2 Å². The predicted molar refractivity (Wildman–Crippen MR) is 70.8 cm³/mol. The van der Waals surface area contributed by atoms with Gasteiger partial charge in [0, 0.05) is 7.11 Å². The van der Waals surface area contributed by atoms with Crippen molar-refractivity contribution >= 4 is 6.01 Å². The van der Waals surface area contributed by atoms with E-state index < -0.39 is 0 Å². The van der Waals surface area contributed by atoms with Gasteiger partial charge in [0.1, 0.15) is 6.61 Å². The highest BCUT2D eigenvalue weighted by Gasteiger charge is 2.21. The Bertz CT molecular complexity index is 553. The lowest BCUT2D eigenvalue weighted by atomic mass is 9.88. The molecule has 100 valence electrons. The minimum absolute atomic E-state index is 0.251. The fraction of sp³-hybridized carbons (Fsp3) is 0.429. The zero-order valence-corrected chi connectivity index (χ0v) is 10.9. The number of ether oxygens (including phenoxy) is 1. The summed E-state index contributed by atoms with van der Waals surface area (Å²) in [5.41, 5.74) is 2.74. The lowest BCUT2D eigenvalue weighted by Gasteiger charge is -2.25. The van der Waals surface area contributed by atoms with Crippen molar-refractivity contribution in [1.82, 2.24) is 10.2 Å². The molecule has 0 spiro atoms. The molecular formula is C14H17N3O2. The number of nitrogens with zero attached hydrogens (tertiary/aromatic N) is 2. The van der Waals surface area contributed by atoms with E-state index in [2.05, 4.69) is 39.8 Å². The summed E-state index contributed by atoms with van der Waals surface area (Å²) in [5, 5.41) is 11.2. The molecule has 3 rings (SSSR count). The first-order valence-electron chi connectivity index (χ1n) is 6.52. The fourth-order valence-corrected chi connectivity index (χ4v) is 2.55. The van der Waals surface area contributed by atoms with E-state index in [-0.39, 0.29) is 6.04 Å². The zero-order chi connectivity index (χ0) is 13.1. The number of methoxy groups -OCH3 is 1. The summed E-state index contributed by atoms with van der Waals surface area (Å²) in [6, 6.07) is 9.23. The minimum atomic E-state index is 0.251. The van der Waals surface area contributed by atoms with Crippen molar-refractivity contribution in [2.45, 2.75) is 31.9 Å². The predicted octanol–water partition coefficient (Wildman–Crippen LogP) is 2.71. The number of rotatable bonds is 4. The smallest absolute Gasteiger partial charge is 0.316 e. The van der Waals surface area contributed by atoms with E-state index >= 15 is 0 Å². The van der Waals surface area contributed by atoms with Crippen LogP contribution < -0.4 is 5.32 Å². The average Bonchev–Trinajstić information content (AvgIpc) is 2.87. The number of fused-ring (bicyclic) bond motifs is 1. The van der Waals surface area contributed by atoms with Gasteiger partial charge >= 0.3 is 6.01 Å². The summed E-state index contributed by atoms with van der Waals surface area (Å²) in [5.74, 6) is 0.495. The van der Waals surface area contributed by atoms with Crippen LogP contribution in [0.25, 0.3) is 0 Å². The quantitative estimate of drug-likeness (QED) is 0.914. The normalized spacial score (nSPS) is 18.1. The van der Waals surface area contributed by atoms with E-state index in [0.29, 0.717) is 18.5 Å². The van der Waals surface area contributed by atoms with Gasteiger partial charge in [-0.25, -0.2) is 0 Å². The Morgan fingerprint density at radius 3 is 3.16 bits per heavy atom. The van der Waals surface area contributed by atoms with Crippen LogP contribution in [0.3, 0.4) is 0 Å². The third-order valence-electron chi connectivity index (χ3n) is 3.40. The van der Waals surface area contributed by atoms with Crippen molar-refractivity contribution in [3.8, 4) is 0 Å². The summed E-state index contributed by atoms with van der Waals surface area (Å²) in [7, 11) is 1.61. The molecule has 0 bridgehead atoms. The highest BCUT2D eigenvalue weighted by atomic mass is 16.5. The van der Waals surface area contributed by atoms with Gasteiger partial charge in [-0.2, -0.15) is 0 Å². The van der Waals surface area contributed by atoms with E-state index in [0.717, 1.165) is 12.8 Å². The number of hydrogen-bond acceptors (Lipinski definition) is 5. The summed E-state index contributed by atoms with van der Waals surface area (Å²) in [4.78, 5) is 0. The van der Waals surface area contributed by atoms with Gasteiger partial charge < -0.3 is 14.5 Å². The van der Waals surface area contributed by atoms with Crippen molar-refractivity contribution in [2.24, 2.45) is 0 Å². The number of aromatic nitrogens is 2. The van der Waals surface area contributed by atoms with Crippen LogP contribution >= 0.6 is 0 Å². The molecule has 1 aliphatic carbocycles. The van der Waals surface area contributed by atoms with Crippen LogP contribution in [0, 0.1) is 0 Å². The largest absolute Gasteiger partial charge is 0.406 e. The highest BCUT2D eigenvalue weighted by Crippen LogP contribution is 2.31. The Balaban J connectivity index is 1.76. The van der Waals surface area contributed by atoms with Crippen molar-refractivity contribution < 1.29 is 9.15 Å². The summed E-state index contributed by atoms with van der Waals surface area (Å²) in [6.45, 7) is 0.343. The van der Waals surface area contributed by atoms with E-state index in [1.807, 2.05) is 0 Å². The molecule has 1 N–H and O–H groups in total. The number of anilines is 1. The van der Waals surface area contributed by atoms with E-state index in [9.17, 15) is 0 Å². The maximum absolute atomic E-state index is 5.48. The number of benzene rings is 1. The number of hydrogen-bond donors (Lipinski definition) is 1. The van der Waals surface area contributed by atoms with Crippen molar-refractivity contribution in [2.75, 3.05) is 12.4 Å². The van der Waals surface area contributed by atoms with E-state index in [1.54, 1.807) is 7.11 Å². The third-order valence-corrected chi connectivity index (χ3v) is 3.40. The molecule has 0 radical (unpaired) electrons. The molecule has 2 aromatic rings. The highest BCUT2D eigenvalue weighted by molar-refractivity contribution is 5.37. The fourth-order valence-electron chi connectivity index (χ4n) is 2.55. The molecule has 1 unspecified atom stereocenters. The van der Waals surface area contributed by atoms with E-state index in [1.165, 1.54) is 17.5 Å². The standard InChI is InChI=1S/C14H17N3O2/c1-18-9-13-16-17-14(19-13)15-12-8-4-6-10-5-2-3-7-11(10)12/h2-3,5,7,12H,4,6,8-9H2,1H3,(H,15,17). The second-order valence-corrected chi connectivity index (χ2v) is 4.72. The van der Waals surface area contributed by atoms with Crippen LogP contribution in [-0.4, -0.2) is 17.3 Å². The first-order chi connectivity index (χ1) is 9.36. The maximum Gasteiger partial charge on any atom is 0.316 e. The molecule has 0 saturated carbocycles. The van der Waals surface area contributed by atoms with Gasteiger partial charge in [0.25, 0.3) is 0 Å². The van der Waals surface area contributed by atoms with Gasteiger partial charge in [0.05, 0.1) is 6.04 Å². The Morgan fingerprint density at radius 1 is 1.37 bits per heavy atom. The monoisotopic (exact) mass is 259 g/mol. The molecule has 0 fully saturated rings. The molecule has 0 saturated heterocycles. The molecule has 0 aliphatic heterocycles. The second kappa shape index (κ2) is 5.40. The molecule has 19 heavy (non-hydrogen) atoms. The zero-order valence-electron chi connectivity index (χ0n) is 10.9. The van der Waals surface area contributed by atoms with Crippen LogP contribution in [0.4, 0.5) is 6.01 Å². The van der Waals surface area contributed by atoms with Crippen molar-refractivity contribution in [1.29, 1.82) is 0 Å². The third kappa shape index (κ3) is 2.61.